The fourth-order valence-corrected chi connectivity index (χ4v) is 2.01. The molecule has 118 valence electrons. The van der Waals surface area contributed by atoms with Gasteiger partial charge < -0.3 is 14.8 Å². The van der Waals surface area contributed by atoms with Crippen molar-refractivity contribution in [2.45, 2.75) is 0 Å². The molecule has 0 bridgehead atoms. The topological polar surface area (TPSA) is 47.6 Å². The third-order valence-corrected chi connectivity index (χ3v) is 3.15. The summed E-state index contributed by atoms with van der Waals surface area (Å²) in [5.74, 6) is 6.73. The van der Waals surface area contributed by atoms with E-state index in [0.717, 1.165) is 0 Å². The maximum atomic E-state index is 11.8. The minimum Gasteiger partial charge on any atom is -0.493 e. The van der Waals surface area contributed by atoms with E-state index in [0.29, 0.717) is 22.1 Å². The lowest BCUT2D eigenvalue weighted by molar-refractivity contribution is 0.0958. The second kappa shape index (κ2) is 8.72. The lowest BCUT2D eigenvalue weighted by Crippen LogP contribution is -2.23. The SMILES string of the molecule is COc1ccccc1OCC#CCNC(=O)c1cccc(Cl)c1. The fraction of sp³-hybridized carbons (Fsp3) is 0.167. The molecule has 1 N–H and O–H groups in total. The summed E-state index contributed by atoms with van der Waals surface area (Å²) in [4.78, 5) is 11.8. The number of hydrogen-bond acceptors (Lipinski definition) is 3. The number of hydrogen-bond donors (Lipinski definition) is 1. The van der Waals surface area contributed by atoms with Crippen molar-refractivity contribution in [3.63, 3.8) is 0 Å². The highest BCUT2D eigenvalue weighted by Crippen LogP contribution is 2.25. The summed E-state index contributed by atoms with van der Waals surface area (Å²) in [6.07, 6.45) is 0. The van der Waals surface area contributed by atoms with Crippen LogP contribution < -0.4 is 14.8 Å². The molecule has 2 aromatic carbocycles. The van der Waals surface area contributed by atoms with Crippen molar-refractivity contribution in [2.75, 3.05) is 20.3 Å². The standard InChI is InChI=1S/C18H16ClNO3/c1-22-16-9-2-3-10-17(16)23-12-5-4-11-20-18(21)14-7-6-8-15(19)13-14/h2-3,6-10,13H,11-12H2,1H3,(H,20,21). The Bertz CT molecular complexity index is 734. The van der Waals surface area contributed by atoms with Gasteiger partial charge in [-0.25, -0.2) is 0 Å². The molecule has 2 aromatic rings. The lowest BCUT2D eigenvalue weighted by Gasteiger charge is -2.07. The van der Waals surface area contributed by atoms with Crippen LogP contribution in [-0.4, -0.2) is 26.2 Å². The third-order valence-electron chi connectivity index (χ3n) is 2.92. The first-order chi connectivity index (χ1) is 11.2. The average molecular weight is 330 g/mol. The summed E-state index contributed by atoms with van der Waals surface area (Å²) in [6.45, 7) is 0.452. The normalized spacial score (nSPS) is 9.48. The largest absolute Gasteiger partial charge is 0.493 e. The van der Waals surface area contributed by atoms with Crippen LogP contribution in [-0.2, 0) is 0 Å². The molecule has 0 unspecified atom stereocenters. The predicted molar refractivity (Wildman–Crippen MR) is 90.1 cm³/mol. The van der Waals surface area contributed by atoms with Crippen LogP contribution in [0.3, 0.4) is 0 Å². The Morgan fingerprint density at radius 3 is 2.65 bits per heavy atom. The second-order valence-corrected chi connectivity index (χ2v) is 4.92. The molecule has 23 heavy (non-hydrogen) atoms. The molecule has 0 aliphatic rings. The van der Waals surface area contributed by atoms with E-state index in [2.05, 4.69) is 17.2 Å². The zero-order valence-electron chi connectivity index (χ0n) is 12.6. The fourth-order valence-electron chi connectivity index (χ4n) is 1.82. The molecular formula is C18H16ClNO3. The summed E-state index contributed by atoms with van der Waals surface area (Å²) in [6, 6.07) is 14.1. The van der Waals surface area contributed by atoms with Crippen LogP contribution >= 0.6 is 11.6 Å². The number of methoxy groups -OCH3 is 1. The molecular weight excluding hydrogens is 314 g/mol. The number of nitrogens with one attached hydrogen (secondary N) is 1. The lowest BCUT2D eigenvalue weighted by atomic mass is 10.2. The monoisotopic (exact) mass is 329 g/mol. The number of carbonyl (C=O) groups excluding carboxylic acids is 1. The van der Waals surface area contributed by atoms with Crippen LogP contribution in [0.15, 0.2) is 48.5 Å². The zero-order chi connectivity index (χ0) is 16.5. The number of benzene rings is 2. The molecule has 0 aliphatic carbocycles. The van der Waals surface area contributed by atoms with Gasteiger partial charge in [-0.2, -0.15) is 0 Å². The van der Waals surface area contributed by atoms with Gasteiger partial charge in [0.2, 0.25) is 0 Å². The van der Waals surface area contributed by atoms with E-state index in [4.69, 9.17) is 21.1 Å². The summed E-state index contributed by atoms with van der Waals surface area (Å²) in [5, 5.41) is 3.22. The van der Waals surface area contributed by atoms with Gasteiger partial charge in [-0.15, -0.1) is 0 Å². The van der Waals surface area contributed by atoms with Gasteiger partial charge in [0.1, 0.15) is 6.61 Å². The number of halogens is 1. The summed E-state index contributed by atoms with van der Waals surface area (Å²) < 4.78 is 10.7. The van der Waals surface area contributed by atoms with Gasteiger partial charge in [-0.05, 0) is 30.3 Å². The van der Waals surface area contributed by atoms with Crippen molar-refractivity contribution in [3.8, 4) is 23.3 Å². The third kappa shape index (κ3) is 5.24. The van der Waals surface area contributed by atoms with Crippen LogP contribution in [0.5, 0.6) is 11.5 Å². The molecule has 4 nitrogen and oxygen atoms in total. The molecule has 0 radical (unpaired) electrons. The molecule has 5 heteroatoms. The van der Waals surface area contributed by atoms with Gasteiger partial charge in [0.05, 0.1) is 13.7 Å². The van der Waals surface area contributed by atoms with Crippen molar-refractivity contribution < 1.29 is 14.3 Å². The van der Waals surface area contributed by atoms with Crippen molar-refractivity contribution in [1.82, 2.24) is 5.32 Å². The molecule has 0 saturated carbocycles. The van der Waals surface area contributed by atoms with Crippen LogP contribution in [0.25, 0.3) is 0 Å². The molecule has 0 spiro atoms. The molecule has 0 atom stereocenters. The Balaban J connectivity index is 1.77. The van der Waals surface area contributed by atoms with E-state index in [1.54, 1.807) is 37.4 Å². The minimum absolute atomic E-state index is 0.215. The van der Waals surface area contributed by atoms with Crippen molar-refractivity contribution >= 4 is 17.5 Å². The summed E-state index contributed by atoms with van der Waals surface area (Å²) in [7, 11) is 1.58. The molecule has 0 fully saturated rings. The van der Waals surface area contributed by atoms with Gasteiger partial charge in [0.25, 0.3) is 5.91 Å². The maximum Gasteiger partial charge on any atom is 0.252 e. The Hall–Kier alpha value is -2.64. The quantitative estimate of drug-likeness (QED) is 0.857. The van der Waals surface area contributed by atoms with Crippen LogP contribution in [0, 0.1) is 11.8 Å². The molecule has 0 aromatic heterocycles. The first kappa shape index (κ1) is 16.7. The van der Waals surface area contributed by atoms with Gasteiger partial charge in [-0.1, -0.05) is 41.6 Å². The Kier molecular flexibility index (Phi) is 6.34. The Morgan fingerprint density at radius 2 is 1.91 bits per heavy atom. The average Bonchev–Trinajstić information content (AvgIpc) is 2.58. The molecule has 0 aliphatic heterocycles. The van der Waals surface area contributed by atoms with E-state index in [1.807, 2.05) is 18.2 Å². The van der Waals surface area contributed by atoms with E-state index in [9.17, 15) is 4.79 Å². The van der Waals surface area contributed by atoms with E-state index in [-0.39, 0.29) is 19.1 Å². The number of carbonyl (C=O) groups is 1. The van der Waals surface area contributed by atoms with Crippen LogP contribution in [0.2, 0.25) is 5.02 Å². The van der Waals surface area contributed by atoms with E-state index >= 15 is 0 Å². The highest BCUT2D eigenvalue weighted by molar-refractivity contribution is 6.30. The summed E-state index contributed by atoms with van der Waals surface area (Å²) in [5.41, 5.74) is 0.504. The van der Waals surface area contributed by atoms with Gasteiger partial charge in [0.15, 0.2) is 11.5 Å². The minimum atomic E-state index is -0.215. The number of ether oxygens (including phenoxy) is 2. The second-order valence-electron chi connectivity index (χ2n) is 4.49. The number of para-hydroxylation sites is 2. The molecule has 1 amide bonds. The first-order valence-corrected chi connectivity index (χ1v) is 7.34. The van der Waals surface area contributed by atoms with Crippen molar-refractivity contribution in [1.29, 1.82) is 0 Å². The zero-order valence-corrected chi connectivity index (χ0v) is 13.4. The van der Waals surface area contributed by atoms with E-state index < -0.39 is 0 Å². The van der Waals surface area contributed by atoms with Gasteiger partial charge >= 0.3 is 0 Å². The van der Waals surface area contributed by atoms with E-state index in [1.165, 1.54) is 0 Å². The predicted octanol–water partition coefficient (Wildman–Crippen LogP) is 3.16. The Labute approximate surface area is 140 Å². The Morgan fingerprint density at radius 1 is 1.13 bits per heavy atom. The molecule has 2 rings (SSSR count). The highest BCUT2D eigenvalue weighted by atomic mass is 35.5. The van der Waals surface area contributed by atoms with Gasteiger partial charge in [0, 0.05) is 10.6 Å². The van der Waals surface area contributed by atoms with Crippen molar-refractivity contribution in [3.05, 3.63) is 59.1 Å². The maximum absolute atomic E-state index is 11.8. The van der Waals surface area contributed by atoms with Crippen LogP contribution in [0.1, 0.15) is 10.4 Å². The molecule has 0 heterocycles. The first-order valence-electron chi connectivity index (χ1n) is 6.96. The van der Waals surface area contributed by atoms with Crippen molar-refractivity contribution in [2.24, 2.45) is 0 Å². The number of amides is 1. The molecule has 0 saturated heterocycles. The number of rotatable bonds is 5. The summed E-state index contributed by atoms with van der Waals surface area (Å²) >= 11 is 5.84. The van der Waals surface area contributed by atoms with Gasteiger partial charge in [-0.3, -0.25) is 4.79 Å². The smallest absolute Gasteiger partial charge is 0.252 e. The van der Waals surface area contributed by atoms with Crippen LogP contribution in [0.4, 0.5) is 0 Å². The highest BCUT2D eigenvalue weighted by Gasteiger charge is 2.03.